The molecule has 86 valence electrons. The van der Waals surface area contributed by atoms with Crippen molar-refractivity contribution in [3.05, 3.63) is 11.3 Å². The lowest BCUT2D eigenvalue weighted by Crippen LogP contribution is -2.15. The molecule has 2 unspecified atom stereocenters. The molecule has 1 heterocycles. The summed E-state index contributed by atoms with van der Waals surface area (Å²) in [7, 11) is 0. The molecule has 2 rings (SSSR count). The van der Waals surface area contributed by atoms with Crippen LogP contribution in [0.25, 0.3) is 0 Å². The predicted molar refractivity (Wildman–Crippen MR) is 59.7 cm³/mol. The molecule has 1 aromatic heterocycles. The molecule has 0 saturated heterocycles. The summed E-state index contributed by atoms with van der Waals surface area (Å²) in [5.74, 6) is -0.713. The van der Waals surface area contributed by atoms with Crippen LogP contribution in [0.4, 0.5) is 5.00 Å². The van der Waals surface area contributed by atoms with Gasteiger partial charge in [0.2, 0.25) is 5.91 Å². The van der Waals surface area contributed by atoms with Gasteiger partial charge in [0.05, 0.1) is 5.69 Å². The summed E-state index contributed by atoms with van der Waals surface area (Å²) >= 11 is 1.02. The maximum atomic E-state index is 11.6. The van der Waals surface area contributed by atoms with E-state index in [1.165, 1.54) is 0 Å². The molecule has 1 aliphatic carbocycles. The Balaban J connectivity index is 2.15. The summed E-state index contributed by atoms with van der Waals surface area (Å²) in [5, 5.41) is 12.0. The van der Waals surface area contributed by atoms with Crippen LogP contribution in [0.15, 0.2) is 0 Å². The Morgan fingerprint density at radius 1 is 1.56 bits per heavy atom. The zero-order valence-electron chi connectivity index (χ0n) is 8.98. The Labute approximate surface area is 96.6 Å². The van der Waals surface area contributed by atoms with E-state index in [2.05, 4.69) is 9.69 Å². The highest BCUT2D eigenvalue weighted by atomic mass is 32.1. The van der Waals surface area contributed by atoms with Crippen LogP contribution in [0, 0.1) is 18.8 Å². The second-order valence-electron chi connectivity index (χ2n) is 4.09. The van der Waals surface area contributed by atoms with Crippen molar-refractivity contribution in [2.75, 3.05) is 5.32 Å². The number of aromatic carboxylic acids is 1. The van der Waals surface area contributed by atoms with E-state index in [1.54, 1.807) is 6.92 Å². The Morgan fingerprint density at radius 2 is 2.19 bits per heavy atom. The molecular formula is C10H12N2O3S. The van der Waals surface area contributed by atoms with Gasteiger partial charge in [0.1, 0.15) is 10.6 Å². The quantitative estimate of drug-likeness (QED) is 0.843. The van der Waals surface area contributed by atoms with Crippen LogP contribution in [0.2, 0.25) is 0 Å². The third kappa shape index (κ3) is 1.92. The fraction of sp³-hybridized carbons (Fsp3) is 0.500. The zero-order chi connectivity index (χ0) is 11.9. The summed E-state index contributed by atoms with van der Waals surface area (Å²) in [6, 6.07) is 0. The molecule has 0 bridgehead atoms. The number of anilines is 1. The number of carboxylic acid groups (broad SMARTS) is 1. The molecule has 0 spiro atoms. The van der Waals surface area contributed by atoms with E-state index in [9.17, 15) is 9.59 Å². The smallest absolute Gasteiger partial charge is 0.340 e. The number of carboxylic acids is 1. The normalized spacial score (nSPS) is 22.9. The maximum Gasteiger partial charge on any atom is 0.340 e. The number of carbonyl (C=O) groups excluding carboxylic acids is 1. The highest BCUT2D eigenvalue weighted by Gasteiger charge is 2.39. The van der Waals surface area contributed by atoms with Crippen molar-refractivity contribution in [3.8, 4) is 0 Å². The third-order valence-corrected chi connectivity index (χ3v) is 3.61. The molecule has 5 nitrogen and oxygen atoms in total. The fourth-order valence-electron chi connectivity index (χ4n) is 1.60. The van der Waals surface area contributed by atoms with Crippen LogP contribution in [0.3, 0.4) is 0 Å². The molecule has 0 aliphatic heterocycles. The molecule has 0 radical (unpaired) electrons. The van der Waals surface area contributed by atoms with Crippen LogP contribution in [-0.4, -0.2) is 21.4 Å². The van der Waals surface area contributed by atoms with Gasteiger partial charge in [-0.15, -0.1) is 0 Å². The summed E-state index contributed by atoms with van der Waals surface area (Å²) in [6.45, 7) is 3.62. The van der Waals surface area contributed by atoms with Gasteiger partial charge < -0.3 is 10.4 Å². The minimum Gasteiger partial charge on any atom is -0.478 e. The first-order valence-electron chi connectivity index (χ1n) is 5.01. The first-order chi connectivity index (χ1) is 7.50. The Kier molecular flexibility index (Phi) is 2.67. The largest absolute Gasteiger partial charge is 0.478 e. The molecule has 1 amide bonds. The number of hydrogen-bond acceptors (Lipinski definition) is 4. The maximum absolute atomic E-state index is 11.6. The van der Waals surface area contributed by atoms with Gasteiger partial charge in [0, 0.05) is 5.92 Å². The van der Waals surface area contributed by atoms with Crippen LogP contribution in [-0.2, 0) is 4.79 Å². The first kappa shape index (κ1) is 11.1. The summed E-state index contributed by atoms with van der Waals surface area (Å²) in [5.41, 5.74) is 0.545. The molecule has 6 heteroatoms. The third-order valence-electron chi connectivity index (χ3n) is 2.76. The average molecular weight is 240 g/mol. The molecule has 0 aromatic carbocycles. The summed E-state index contributed by atoms with van der Waals surface area (Å²) < 4.78 is 3.94. The lowest BCUT2D eigenvalue weighted by atomic mass is 10.2. The van der Waals surface area contributed by atoms with Crippen molar-refractivity contribution < 1.29 is 14.7 Å². The van der Waals surface area contributed by atoms with Crippen molar-refractivity contribution in [1.29, 1.82) is 0 Å². The van der Waals surface area contributed by atoms with Crippen molar-refractivity contribution in [1.82, 2.24) is 4.37 Å². The van der Waals surface area contributed by atoms with Gasteiger partial charge in [-0.25, -0.2) is 4.79 Å². The predicted octanol–water partition coefficient (Wildman–Crippen LogP) is 1.74. The van der Waals surface area contributed by atoms with Crippen molar-refractivity contribution in [3.63, 3.8) is 0 Å². The van der Waals surface area contributed by atoms with Gasteiger partial charge in [-0.1, -0.05) is 6.92 Å². The van der Waals surface area contributed by atoms with Crippen LogP contribution >= 0.6 is 11.5 Å². The number of hydrogen-bond donors (Lipinski definition) is 2. The van der Waals surface area contributed by atoms with Crippen LogP contribution in [0.1, 0.15) is 29.4 Å². The van der Waals surface area contributed by atoms with Crippen molar-refractivity contribution >= 4 is 28.4 Å². The number of nitrogens with zero attached hydrogens (tertiary/aromatic N) is 1. The molecule has 1 aromatic rings. The zero-order valence-corrected chi connectivity index (χ0v) is 9.80. The lowest BCUT2D eigenvalue weighted by molar-refractivity contribution is -0.117. The van der Waals surface area contributed by atoms with Crippen LogP contribution < -0.4 is 5.32 Å². The van der Waals surface area contributed by atoms with E-state index < -0.39 is 5.97 Å². The molecule has 2 N–H and O–H groups in total. The monoisotopic (exact) mass is 240 g/mol. The number of amides is 1. The summed E-state index contributed by atoms with van der Waals surface area (Å²) in [4.78, 5) is 22.6. The van der Waals surface area contributed by atoms with Gasteiger partial charge in [-0.2, -0.15) is 4.37 Å². The van der Waals surface area contributed by atoms with E-state index in [4.69, 9.17) is 5.11 Å². The fourth-order valence-corrected chi connectivity index (χ4v) is 2.39. The van der Waals surface area contributed by atoms with Gasteiger partial charge >= 0.3 is 5.97 Å². The van der Waals surface area contributed by atoms with E-state index in [-0.39, 0.29) is 17.4 Å². The molecule has 1 fully saturated rings. The average Bonchev–Trinajstić information content (AvgIpc) is 2.80. The molecule has 1 aliphatic rings. The Hall–Kier alpha value is -1.43. The van der Waals surface area contributed by atoms with Gasteiger partial charge in [-0.3, -0.25) is 4.79 Å². The van der Waals surface area contributed by atoms with E-state index in [1.807, 2.05) is 6.92 Å². The van der Waals surface area contributed by atoms with Gasteiger partial charge in [0.25, 0.3) is 0 Å². The molecule has 16 heavy (non-hydrogen) atoms. The summed E-state index contributed by atoms with van der Waals surface area (Å²) in [6.07, 6.45) is 0.881. The number of nitrogens with one attached hydrogen (secondary N) is 1. The van der Waals surface area contributed by atoms with Gasteiger partial charge in [-0.05, 0) is 30.8 Å². The highest BCUT2D eigenvalue weighted by molar-refractivity contribution is 7.11. The minimum atomic E-state index is -1.05. The topological polar surface area (TPSA) is 79.3 Å². The first-order valence-corrected chi connectivity index (χ1v) is 5.78. The van der Waals surface area contributed by atoms with Crippen molar-refractivity contribution in [2.24, 2.45) is 11.8 Å². The SMILES string of the molecule is Cc1nsc(NC(=O)C2CC2C)c1C(=O)O. The Bertz CT molecular complexity index is 455. The van der Waals surface area contributed by atoms with E-state index in [0.717, 1.165) is 18.0 Å². The second-order valence-corrected chi connectivity index (χ2v) is 4.86. The van der Waals surface area contributed by atoms with E-state index in [0.29, 0.717) is 16.6 Å². The molecule has 2 atom stereocenters. The standard InChI is InChI=1S/C10H12N2O3S/c1-4-3-6(4)8(13)11-9-7(10(14)15)5(2)12-16-9/h4,6H,3H2,1-2H3,(H,11,13)(H,14,15). The second kappa shape index (κ2) is 3.86. The van der Waals surface area contributed by atoms with Crippen LogP contribution in [0.5, 0.6) is 0 Å². The molecule has 1 saturated carbocycles. The highest BCUT2D eigenvalue weighted by Crippen LogP contribution is 2.39. The number of aromatic nitrogens is 1. The Morgan fingerprint density at radius 3 is 2.69 bits per heavy atom. The van der Waals surface area contributed by atoms with E-state index >= 15 is 0 Å². The number of aryl methyl sites for hydroxylation is 1. The van der Waals surface area contributed by atoms with Gasteiger partial charge in [0.15, 0.2) is 0 Å². The number of rotatable bonds is 3. The lowest BCUT2D eigenvalue weighted by Gasteiger charge is -2.02. The van der Waals surface area contributed by atoms with Crippen molar-refractivity contribution in [2.45, 2.75) is 20.3 Å². The minimum absolute atomic E-state index is 0.0315. The number of carbonyl (C=O) groups is 2. The molecular weight excluding hydrogens is 228 g/mol.